The molecule has 0 saturated heterocycles. The van der Waals surface area contributed by atoms with Crippen molar-refractivity contribution in [1.29, 1.82) is 0 Å². The molecule has 1 aromatic carbocycles. The Labute approximate surface area is 97.8 Å². The van der Waals surface area contributed by atoms with Crippen LogP contribution in [-0.2, 0) is 9.53 Å². The number of ether oxygens (including phenoxy) is 1. The number of rotatable bonds is 3. The molecule has 0 aliphatic heterocycles. The van der Waals surface area contributed by atoms with Gasteiger partial charge in [-0.05, 0) is 31.0 Å². The second-order valence-electron chi connectivity index (χ2n) is 3.95. The molecule has 90 valence electrons. The molecular weight excluding hydrogens is 225 g/mol. The van der Waals surface area contributed by atoms with E-state index in [1.807, 2.05) is 0 Å². The van der Waals surface area contributed by atoms with E-state index in [4.69, 9.17) is 0 Å². The summed E-state index contributed by atoms with van der Waals surface area (Å²) in [4.78, 5) is 23.0. The number of carbonyl (C=O) groups excluding carboxylic acids is 2. The van der Waals surface area contributed by atoms with Gasteiger partial charge in [0.05, 0.1) is 18.4 Å². The maximum atomic E-state index is 13.1. The zero-order valence-corrected chi connectivity index (χ0v) is 9.33. The number of benzene rings is 1. The topological polar surface area (TPSA) is 55.4 Å². The zero-order valence-electron chi connectivity index (χ0n) is 9.33. The highest BCUT2D eigenvalue weighted by Gasteiger charge is 2.30. The Morgan fingerprint density at radius 3 is 2.71 bits per heavy atom. The van der Waals surface area contributed by atoms with Crippen LogP contribution in [0, 0.1) is 11.7 Å². The molecule has 0 spiro atoms. The van der Waals surface area contributed by atoms with Crippen LogP contribution < -0.4 is 5.32 Å². The first kappa shape index (κ1) is 11.6. The van der Waals surface area contributed by atoms with Gasteiger partial charge in [-0.2, -0.15) is 0 Å². The van der Waals surface area contributed by atoms with Gasteiger partial charge in [0.2, 0.25) is 5.91 Å². The van der Waals surface area contributed by atoms with Crippen molar-refractivity contribution in [2.45, 2.75) is 12.8 Å². The van der Waals surface area contributed by atoms with Crippen LogP contribution >= 0.6 is 0 Å². The Bertz CT molecular complexity index is 469. The fraction of sp³-hybridized carbons (Fsp3) is 0.333. The minimum absolute atomic E-state index is 0.0104. The summed E-state index contributed by atoms with van der Waals surface area (Å²) < 4.78 is 17.6. The summed E-state index contributed by atoms with van der Waals surface area (Å²) in [5.74, 6) is -1.30. The van der Waals surface area contributed by atoms with E-state index in [0.717, 1.165) is 25.0 Å². The minimum atomic E-state index is -0.601. The average Bonchev–Trinajstić information content (AvgIpc) is 3.12. The van der Waals surface area contributed by atoms with Gasteiger partial charge in [0.1, 0.15) is 5.82 Å². The highest BCUT2D eigenvalue weighted by atomic mass is 19.1. The van der Waals surface area contributed by atoms with E-state index < -0.39 is 11.8 Å². The lowest BCUT2D eigenvalue weighted by atomic mass is 10.1. The van der Waals surface area contributed by atoms with Crippen LogP contribution in [0.1, 0.15) is 23.2 Å². The van der Waals surface area contributed by atoms with Gasteiger partial charge in [0.15, 0.2) is 0 Å². The normalized spacial score (nSPS) is 14.2. The van der Waals surface area contributed by atoms with E-state index in [0.29, 0.717) is 0 Å². The molecule has 1 aromatic rings. The summed E-state index contributed by atoms with van der Waals surface area (Å²) in [6.07, 6.45) is 1.68. The maximum absolute atomic E-state index is 13.1. The zero-order chi connectivity index (χ0) is 12.4. The molecule has 0 aromatic heterocycles. The van der Waals surface area contributed by atoms with Crippen LogP contribution in [0.4, 0.5) is 10.1 Å². The van der Waals surface area contributed by atoms with Crippen molar-refractivity contribution in [2.24, 2.45) is 5.92 Å². The van der Waals surface area contributed by atoms with Crippen LogP contribution in [0.3, 0.4) is 0 Å². The van der Waals surface area contributed by atoms with Crippen LogP contribution in [0.15, 0.2) is 18.2 Å². The van der Waals surface area contributed by atoms with Crippen LogP contribution in [0.25, 0.3) is 0 Å². The molecule has 17 heavy (non-hydrogen) atoms. The van der Waals surface area contributed by atoms with E-state index in [1.165, 1.54) is 13.2 Å². The Morgan fingerprint density at radius 1 is 1.41 bits per heavy atom. The molecule has 0 radical (unpaired) electrons. The van der Waals surface area contributed by atoms with Crippen molar-refractivity contribution in [3.05, 3.63) is 29.6 Å². The lowest BCUT2D eigenvalue weighted by Gasteiger charge is -2.09. The van der Waals surface area contributed by atoms with E-state index in [1.54, 1.807) is 0 Å². The van der Waals surface area contributed by atoms with Crippen LogP contribution in [0.5, 0.6) is 0 Å². The molecular formula is C12H12FNO3. The number of hydrogen-bond acceptors (Lipinski definition) is 3. The summed E-state index contributed by atoms with van der Waals surface area (Å²) >= 11 is 0. The maximum Gasteiger partial charge on any atom is 0.339 e. The van der Waals surface area contributed by atoms with Crippen molar-refractivity contribution in [3.8, 4) is 0 Å². The lowest BCUT2D eigenvalue weighted by molar-refractivity contribution is -0.117. The van der Waals surface area contributed by atoms with E-state index in [2.05, 4.69) is 10.1 Å². The fourth-order valence-corrected chi connectivity index (χ4v) is 1.49. The number of halogens is 1. The molecule has 4 nitrogen and oxygen atoms in total. The number of esters is 1. The molecule has 5 heteroatoms. The Morgan fingerprint density at radius 2 is 2.12 bits per heavy atom. The molecule has 0 unspecified atom stereocenters. The number of nitrogens with one attached hydrogen (secondary N) is 1. The summed E-state index contributed by atoms with van der Waals surface area (Å²) in [6.45, 7) is 0. The van der Waals surface area contributed by atoms with Crippen molar-refractivity contribution < 1.29 is 18.7 Å². The standard InChI is InChI=1S/C12H12FNO3/c1-17-12(16)9-5-4-8(13)6-10(9)14-11(15)7-2-3-7/h4-7H,2-3H2,1H3,(H,14,15). The SMILES string of the molecule is COC(=O)c1ccc(F)cc1NC(=O)C1CC1. The molecule has 1 N–H and O–H groups in total. The predicted molar refractivity (Wildman–Crippen MR) is 59.1 cm³/mol. The molecule has 0 bridgehead atoms. The largest absolute Gasteiger partial charge is 0.465 e. The first-order valence-corrected chi connectivity index (χ1v) is 5.30. The Hall–Kier alpha value is -1.91. The van der Waals surface area contributed by atoms with Gasteiger partial charge in [-0.1, -0.05) is 0 Å². The van der Waals surface area contributed by atoms with Crippen LogP contribution in [0.2, 0.25) is 0 Å². The summed E-state index contributed by atoms with van der Waals surface area (Å²) in [5, 5.41) is 2.55. The van der Waals surface area contributed by atoms with Crippen molar-refractivity contribution in [1.82, 2.24) is 0 Å². The molecule has 1 aliphatic carbocycles. The molecule has 1 saturated carbocycles. The van der Waals surface area contributed by atoms with Gasteiger partial charge in [-0.25, -0.2) is 9.18 Å². The minimum Gasteiger partial charge on any atom is -0.465 e. The molecule has 1 aliphatic rings. The highest BCUT2D eigenvalue weighted by molar-refractivity contribution is 6.02. The first-order chi connectivity index (χ1) is 8.11. The Balaban J connectivity index is 2.25. The van der Waals surface area contributed by atoms with E-state index in [9.17, 15) is 14.0 Å². The van der Waals surface area contributed by atoms with Gasteiger partial charge in [0, 0.05) is 5.92 Å². The summed E-state index contributed by atoms with van der Waals surface area (Å²) in [6, 6.07) is 3.56. The number of anilines is 1. The van der Waals surface area contributed by atoms with Crippen molar-refractivity contribution in [3.63, 3.8) is 0 Å². The number of methoxy groups -OCH3 is 1. The molecule has 0 heterocycles. The summed E-state index contributed by atoms with van der Waals surface area (Å²) in [5.41, 5.74) is 0.316. The number of amides is 1. The third kappa shape index (κ3) is 2.61. The number of hydrogen-bond donors (Lipinski definition) is 1. The van der Waals surface area contributed by atoms with Crippen molar-refractivity contribution in [2.75, 3.05) is 12.4 Å². The molecule has 2 rings (SSSR count). The van der Waals surface area contributed by atoms with Gasteiger partial charge in [0.25, 0.3) is 0 Å². The third-order valence-corrected chi connectivity index (χ3v) is 2.59. The molecule has 1 fully saturated rings. The Kier molecular flexibility index (Phi) is 3.08. The first-order valence-electron chi connectivity index (χ1n) is 5.30. The smallest absolute Gasteiger partial charge is 0.339 e. The van der Waals surface area contributed by atoms with Crippen molar-refractivity contribution >= 4 is 17.6 Å². The third-order valence-electron chi connectivity index (χ3n) is 2.59. The van der Waals surface area contributed by atoms with Gasteiger partial charge < -0.3 is 10.1 Å². The molecule has 0 atom stereocenters. The second kappa shape index (κ2) is 4.53. The second-order valence-corrected chi connectivity index (χ2v) is 3.95. The van der Waals surface area contributed by atoms with E-state index in [-0.39, 0.29) is 23.1 Å². The van der Waals surface area contributed by atoms with Gasteiger partial charge >= 0.3 is 5.97 Å². The summed E-state index contributed by atoms with van der Waals surface area (Å²) in [7, 11) is 1.23. The fourth-order valence-electron chi connectivity index (χ4n) is 1.49. The predicted octanol–water partition coefficient (Wildman–Crippen LogP) is 1.96. The lowest BCUT2D eigenvalue weighted by Crippen LogP contribution is -2.16. The van der Waals surface area contributed by atoms with Crippen LogP contribution in [-0.4, -0.2) is 19.0 Å². The van der Waals surface area contributed by atoms with E-state index >= 15 is 0 Å². The number of carbonyl (C=O) groups is 2. The molecule has 1 amide bonds. The quantitative estimate of drug-likeness (QED) is 0.817. The monoisotopic (exact) mass is 237 g/mol. The van der Waals surface area contributed by atoms with Gasteiger partial charge in [-0.15, -0.1) is 0 Å². The van der Waals surface area contributed by atoms with Gasteiger partial charge in [-0.3, -0.25) is 4.79 Å². The highest BCUT2D eigenvalue weighted by Crippen LogP contribution is 2.31. The average molecular weight is 237 g/mol.